The Morgan fingerprint density at radius 3 is 2.41 bits per heavy atom. The van der Waals surface area contributed by atoms with Crippen LogP contribution in [0.15, 0.2) is 54.7 Å². The van der Waals surface area contributed by atoms with E-state index in [0.29, 0.717) is 11.8 Å². The van der Waals surface area contributed by atoms with Gasteiger partial charge in [-0.25, -0.2) is 4.98 Å². The minimum Gasteiger partial charge on any atom is -0.379 e. The molecule has 2 aromatic carbocycles. The lowest BCUT2D eigenvalue weighted by Gasteiger charge is -2.20. The van der Waals surface area contributed by atoms with Crippen LogP contribution in [0.2, 0.25) is 0 Å². The molecule has 0 bridgehead atoms. The second-order valence-corrected chi connectivity index (χ2v) is 8.67. The summed E-state index contributed by atoms with van der Waals surface area (Å²) in [6.45, 7) is 5.52. The third kappa shape index (κ3) is 5.73. The molecule has 0 aliphatic carbocycles. The molecule has 168 valence electrons. The summed E-state index contributed by atoms with van der Waals surface area (Å²) in [7, 11) is 0. The van der Waals surface area contributed by atoms with Crippen LogP contribution in [0.3, 0.4) is 0 Å². The summed E-state index contributed by atoms with van der Waals surface area (Å²) in [6.07, 6.45) is -3.72. The minimum atomic E-state index is -4.95. The molecule has 0 radical (unpaired) electrons. The van der Waals surface area contributed by atoms with Gasteiger partial charge in [-0.05, 0) is 54.8 Å². The summed E-state index contributed by atoms with van der Waals surface area (Å²) >= 11 is 1.58. The SMILES string of the molecule is Cc1ccc2nc(-c3ccc(NC(=O)C(N/C=C/C(=O)C(F)(F)F)C(C)C)cc3)sc2c1. The van der Waals surface area contributed by atoms with E-state index in [2.05, 4.69) is 21.7 Å². The molecule has 0 fully saturated rings. The van der Waals surface area contributed by atoms with E-state index in [1.807, 2.05) is 31.2 Å². The van der Waals surface area contributed by atoms with E-state index in [-0.39, 0.29) is 5.92 Å². The van der Waals surface area contributed by atoms with E-state index in [9.17, 15) is 22.8 Å². The number of hydrogen-bond acceptors (Lipinski definition) is 5. The maximum atomic E-state index is 12.6. The second kappa shape index (κ2) is 9.52. The van der Waals surface area contributed by atoms with Gasteiger partial charge >= 0.3 is 6.18 Å². The molecule has 1 amide bonds. The highest BCUT2D eigenvalue weighted by molar-refractivity contribution is 7.21. The van der Waals surface area contributed by atoms with Crippen molar-refractivity contribution >= 4 is 38.9 Å². The van der Waals surface area contributed by atoms with Crippen LogP contribution in [-0.2, 0) is 9.59 Å². The monoisotopic (exact) mass is 461 g/mol. The van der Waals surface area contributed by atoms with Gasteiger partial charge in [0.2, 0.25) is 5.91 Å². The standard InChI is InChI=1S/C23H22F3N3O2S/c1-13(2)20(27-11-10-19(30)23(24,25)26)21(31)28-16-7-5-15(6-8-16)22-29-17-9-4-14(3)12-18(17)32-22/h4-13,20,27H,1-3H3,(H,28,31)/b11-10+. The fourth-order valence-corrected chi connectivity index (χ4v) is 4.03. The predicted octanol–water partition coefficient (Wildman–Crippen LogP) is 5.47. The molecule has 1 unspecified atom stereocenters. The van der Waals surface area contributed by atoms with Crippen molar-refractivity contribution in [1.82, 2.24) is 10.3 Å². The number of anilines is 1. The Hall–Kier alpha value is -3.20. The van der Waals surface area contributed by atoms with Crippen molar-refractivity contribution in [3.63, 3.8) is 0 Å². The smallest absolute Gasteiger partial charge is 0.379 e. The number of carbonyl (C=O) groups is 2. The Bertz CT molecular complexity index is 1150. The fourth-order valence-electron chi connectivity index (χ4n) is 2.96. The molecule has 5 nitrogen and oxygen atoms in total. The van der Waals surface area contributed by atoms with Crippen molar-refractivity contribution in [2.24, 2.45) is 5.92 Å². The van der Waals surface area contributed by atoms with E-state index in [1.165, 1.54) is 0 Å². The Kier molecular flexibility index (Phi) is 6.98. The van der Waals surface area contributed by atoms with Gasteiger partial charge in [0, 0.05) is 23.5 Å². The van der Waals surface area contributed by atoms with Gasteiger partial charge in [0.05, 0.1) is 10.2 Å². The maximum absolute atomic E-state index is 12.6. The number of carbonyl (C=O) groups excluding carboxylic acids is 2. The third-order valence-electron chi connectivity index (χ3n) is 4.68. The average Bonchev–Trinajstić information content (AvgIpc) is 3.13. The molecule has 1 aromatic heterocycles. The highest BCUT2D eigenvalue weighted by atomic mass is 32.1. The van der Waals surface area contributed by atoms with Gasteiger partial charge in [0.25, 0.3) is 5.78 Å². The predicted molar refractivity (Wildman–Crippen MR) is 120 cm³/mol. The average molecular weight is 462 g/mol. The Labute approximate surface area is 187 Å². The van der Waals surface area contributed by atoms with Crippen molar-refractivity contribution < 1.29 is 22.8 Å². The summed E-state index contributed by atoms with van der Waals surface area (Å²) < 4.78 is 38.0. The van der Waals surface area contributed by atoms with Crippen LogP contribution in [0.4, 0.5) is 18.9 Å². The molecule has 2 N–H and O–H groups in total. The number of nitrogens with zero attached hydrogens (tertiary/aromatic N) is 1. The summed E-state index contributed by atoms with van der Waals surface area (Å²) in [4.78, 5) is 28.2. The number of allylic oxidation sites excluding steroid dienone is 1. The first-order valence-corrected chi connectivity index (χ1v) is 10.7. The van der Waals surface area contributed by atoms with Gasteiger partial charge in [0.15, 0.2) is 0 Å². The van der Waals surface area contributed by atoms with Crippen LogP contribution in [0, 0.1) is 12.8 Å². The first-order chi connectivity index (χ1) is 15.0. The number of benzene rings is 2. The molecule has 1 heterocycles. The largest absolute Gasteiger partial charge is 0.454 e. The first kappa shape index (κ1) is 23.5. The van der Waals surface area contributed by atoms with Gasteiger partial charge in [-0.2, -0.15) is 13.2 Å². The number of thiazole rings is 1. The number of amides is 1. The maximum Gasteiger partial charge on any atom is 0.454 e. The van der Waals surface area contributed by atoms with E-state index in [4.69, 9.17) is 0 Å². The molecule has 3 rings (SSSR count). The number of ketones is 1. The zero-order valence-electron chi connectivity index (χ0n) is 17.7. The number of rotatable bonds is 7. The van der Waals surface area contributed by atoms with Crippen LogP contribution in [-0.4, -0.2) is 28.9 Å². The lowest BCUT2D eigenvalue weighted by Crippen LogP contribution is -2.42. The molecule has 0 saturated heterocycles. The second-order valence-electron chi connectivity index (χ2n) is 7.64. The van der Waals surface area contributed by atoms with Crippen molar-refractivity contribution in [2.75, 3.05) is 5.32 Å². The molecule has 32 heavy (non-hydrogen) atoms. The molecule has 1 atom stereocenters. The number of nitrogens with one attached hydrogen (secondary N) is 2. The quantitative estimate of drug-likeness (QED) is 0.458. The molecule has 0 aliphatic heterocycles. The van der Waals surface area contributed by atoms with Gasteiger partial charge in [-0.3, -0.25) is 9.59 Å². The van der Waals surface area contributed by atoms with Crippen LogP contribution < -0.4 is 10.6 Å². The van der Waals surface area contributed by atoms with Gasteiger partial charge in [0.1, 0.15) is 11.0 Å². The van der Waals surface area contributed by atoms with Gasteiger partial charge < -0.3 is 10.6 Å². The fraction of sp³-hybridized carbons (Fsp3) is 0.261. The van der Waals surface area contributed by atoms with E-state index in [1.54, 1.807) is 37.3 Å². The molecule has 3 aromatic rings. The minimum absolute atomic E-state index is 0.230. The summed E-state index contributed by atoms with van der Waals surface area (Å²) in [5.41, 5.74) is 3.54. The van der Waals surface area contributed by atoms with Crippen LogP contribution in [0.1, 0.15) is 19.4 Å². The number of alkyl halides is 3. The first-order valence-electron chi connectivity index (χ1n) is 9.87. The lowest BCUT2D eigenvalue weighted by atomic mass is 10.0. The van der Waals surface area contributed by atoms with Crippen molar-refractivity contribution in [2.45, 2.75) is 33.0 Å². The molecule has 0 spiro atoms. The van der Waals surface area contributed by atoms with Crippen LogP contribution in [0.25, 0.3) is 20.8 Å². The zero-order chi connectivity index (χ0) is 23.5. The van der Waals surface area contributed by atoms with E-state index >= 15 is 0 Å². The summed E-state index contributed by atoms with van der Waals surface area (Å²) in [5.74, 6) is -2.65. The molecular formula is C23H22F3N3O2S. The lowest BCUT2D eigenvalue weighted by molar-refractivity contribution is -0.165. The van der Waals surface area contributed by atoms with Crippen molar-refractivity contribution in [1.29, 1.82) is 0 Å². The molecular weight excluding hydrogens is 439 g/mol. The Morgan fingerprint density at radius 2 is 1.78 bits per heavy atom. The topological polar surface area (TPSA) is 71.1 Å². The number of halogens is 3. The van der Waals surface area contributed by atoms with E-state index in [0.717, 1.165) is 32.6 Å². The number of aromatic nitrogens is 1. The number of aryl methyl sites for hydroxylation is 1. The van der Waals surface area contributed by atoms with E-state index < -0.39 is 23.9 Å². The normalized spacial score (nSPS) is 13.0. The highest BCUT2D eigenvalue weighted by Crippen LogP contribution is 2.31. The molecule has 0 saturated carbocycles. The van der Waals surface area contributed by atoms with Gasteiger partial charge in [-0.15, -0.1) is 11.3 Å². The highest BCUT2D eigenvalue weighted by Gasteiger charge is 2.36. The molecule has 9 heteroatoms. The number of fused-ring (bicyclic) bond motifs is 1. The van der Waals surface area contributed by atoms with Gasteiger partial charge in [-0.1, -0.05) is 19.9 Å². The van der Waals surface area contributed by atoms with Crippen molar-refractivity contribution in [3.8, 4) is 10.6 Å². The Balaban J connectivity index is 1.67. The third-order valence-corrected chi connectivity index (χ3v) is 5.75. The van der Waals surface area contributed by atoms with Crippen molar-refractivity contribution in [3.05, 3.63) is 60.3 Å². The zero-order valence-corrected chi connectivity index (χ0v) is 18.5. The number of hydrogen-bond donors (Lipinski definition) is 2. The van der Waals surface area contributed by atoms with Crippen LogP contribution >= 0.6 is 11.3 Å². The van der Waals surface area contributed by atoms with Crippen LogP contribution in [0.5, 0.6) is 0 Å². The molecule has 0 aliphatic rings. The summed E-state index contributed by atoms with van der Waals surface area (Å²) in [6, 6.07) is 12.4. The Morgan fingerprint density at radius 1 is 1.09 bits per heavy atom. The summed E-state index contributed by atoms with van der Waals surface area (Å²) in [5, 5.41) is 6.19.